The van der Waals surface area contributed by atoms with Gasteiger partial charge in [-0.2, -0.15) is 5.10 Å². The van der Waals surface area contributed by atoms with E-state index in [1.165, 1.54) is 17.7 Å². The van der Waals surface area contributed by atoms with Gasteiger partial charge in [-0.05, 0) is 54.8 Å². The van der Waals surface area contributed by atoms with E-state index < -0.39 is 16.1 Å². The van der Waals surface area contributed by atoms with Crippen molar-refractivity contribution in [3.05, 3.63) is 35.5 Å². The van der Waals surface area contributed by atoms with Crippen LogP contribution in [-0.2, 0) is 40.6 Å². The van der Waals surface area contributed by atoms with Crippen molar-refractivity contribution in [2.75, 3.05) is 25.2 Å². The molecule has 1 amide bonds. The maximum Gasteiger partial charge on any atom is 0.223 e. The number of amides is 1. The number of anilines is 1. The second-order valence-electron chi connectivity index (χ2n) is 15.5. The van der Waals surface area contributed by atoms with Crippen LogP contribution in [0.4, 0.5) is 5.69 Å². The number of hydrogen-bond acceptors (Lipinski definition) is 5. The maximum absolute atomic E-state index is 12.3. The van der Waals surface area contributed by atoms with E-state index in [9.17, 15) is 4.79 Å². The molecule has 43 heavy (non-hydrogen) atoms. The Morgan fingerprint density at radius 2 is 1.77 bits per heavy atom. The Kier molecular flexibility index (Phi) is 8.72. The predicted molar refractivity (Wildman–Crippen MR) is 182 cm³/mol. The van der Waals surface area contributed by atoms with Crippen molar-refractivity contribution in [1.29, 1.82) is 0 Å². The van der Waals surface area contributed by atoms with Gasteiger partial charge in [0.1, 0.15) is 19.2 Å². The molecule has 0 bridgehead atoms. The summed E-state index contributed by atoms with van der Waals surface area (Å²) in [6.07, 6.45) is 5.15. The molecule has 8 nitrogen and oxygen atoms in total. The minimum atomic E-state index is -1.24. The van der Waals surface area contributed by atoms with Crippen LogP contribution in [0.25, 0.3) is 28.6 Å². The number of fused-ring (bicyclic) bond motifs is 3. The fraction of sp³-hybridized carbons (Fsp3) is 0.606. The Labute approximate surface area is 259 Å². The topological polar surface area (TPSA) is 74.4 Å². The van der Waals surface area contributed by atoms with Gasteiger partial charge in [-0.3, -0.25) is 9.36 Å². The van der Waals surface area contributed by atoms with Crippen LogP contribution >= 0.6 is 0 Å². The molecule has 0 N–H and O–H groups in total. The first kappa shape index (κ1) is 31.9. The Balaban J connectivity index is 1.59. The third-order valence-corrected chi connectivity index (χ3v) is 12.7. The van der Waals surface area contributed by atoms with Gasteiger partial charge >= 0.3 is 0 Å². The first-order chi connectivity index (χ1) is 20.1. The van der Waals surface area contributed by atoms with Crippen molar-refractivity contribution >= 4 is 44.9 Å². The summed E-state index contributed by atoms with van der Waals surface area (Å²) in [6.45, 7) is 24.7. The van der Waals surface area contributed by atoms with Crippen molar-refractivity contribution in [3.8, 4) is 11.5 Å². The second-order valence-corrected chi connectivity index (χ2v) is 26.7. The van der Waals surface area contributed by atoms with Crippen LogP contribution in [0.15, 0.2) is 18.7 Å². The zero-order valence-corrected chi connectivity index (χ0v) is 29.8. The van der Waals surface area contributed by atoms with Crippen LogP contribution in [0.5, 0.6) is 0 Å². The number of carbonyl (C=O) groups excluding carboxylic acids is 1. The summed E-state index contributed by atoms with van der Waals surface area (Å²) in [7, 11) is -0.635. The highest BCUT2D eigenvalue weighted by Gasteiger charge is 2.54. The van der Waals surface area contributed by atoms with Crippen LogP contribution in [0.3, 0.4) is 0 Å². The van der Waals surface area contributed by atoms with Crippen LogP contribution in [-0.4, -0.2) is 61.6 Å². The summed E-state index contributed by atoms with van der Waals surface area (Å²) in [5.74, 6) is 1.47. The molecular formula is C33H51N5O3Si2. The lowest BCUT2D eigenvalue weighted by atomic mass is 9.87. The van der Waals surface area contributed by atoms with E-state index in [-0.39, 0.29) is 5.91 Å². The Morgan fingerprint density at radius 1 is 1.12 bits per heavy atom. The first-order valence-corrected chi connectivity index (χ1v) is 23.2. The highest BCUT2D eigenvalue weighted by molar-refractivity contribution is 6.76. The van der Waals surface area contributed by atoms with Gasteiger partial charge in [0.2, 0.25) is 5.91 Å². The number of carbonyl (C=O) groups is 1. The van der Waals surface area contributed by atoms with Gasteiger partial charge in [0.05, 0.1) is 11.0 Å². The largest absolute Gasteiger partial charge is 0.361 e. The molecule has 2 atom stereocenters. The molecule has 2 heterocycles. The average molecular weight is 622 g/mol. The normalized spacial score (nSPS) is 19.8. The van der Waals surface area contributed by atoms with Gasteiger partial charge in [-0.1, -0.05) is 58.9 Å². The fourth-order valence-electron chi connectivity index (χ4n) is 6.09. The number of benzene rings is 1. The number of ether oxygens (including phenoxy) is 2. The average Bonchev–Trinajstić information content (AvgIpc) is 3.27. The quantitative estimate of drug-likeness (QED) is 0.148. The van der Waals surface area contributed by atoms with E-state index in [4.69, 9.17) is 19.6 Å². The fourth-order valence-corrected chi connectivity index (χ4v) is 7.60. The van der Waals surface area contributed by atoms with Crippen LogP contribution in [0.1, 0.15) is 37.1 Å². The zero-order valence-electron chi connectivity index (χ0n) is 27.8. The summed E-state index contributed by atoms with van der Waals surface area (Å²) < 4.78 is 16.9. The summed E-state index contributed by atoms with van der Waals surface area (Å²) in [5.41, 5.74) is 7.37. The summed E-state index contributed by atoms with van der Waals surface area (Å²) in [5, 5.41) is 5.23. The number of imidazole rings is 1. The SMILES string of the molecule is C=Cc1cc(N(C)C(C)=O)cc2nc(-c3nn(COCC[Si](C)(C)C)c4c3C[C@@H]3C[C@]3(C)C4)n(COCC[Si](C)(C)C)c12. The molecule has 0 aliphatic heterocycles. The van der Waals surface area contributed by atoms with E-state index in [0.717, 1.165) is 65.3 Å². The van der Waals surface area contributed by atoms with Crippen LogP contribution in [0, 0.1) is 11.3 Å². The maximum atomic E-state index is 12.3. The molecule has 5 rings (SSSR count). The number of rotatable bonds is 13. The number of nitrogens with zero attached hydrogens (tertiary/aromatic N) is 5. The van der Waals surface area contributed by atoms with Gasteiger partial charge in [0.15, 0.2) is 5.82 Å². The van der Waals surface area contributed by atoms with Crippen molar-refractivity contribution in [2.24, 2.45) is 11.3 Å². The monoisotopic (exact) mass is 621 g/mol. The molecule has 2 aromatic heterocycles. The predicted octanol–water partition coefficient (Wildman–Crippen LogP) is 7.27. The zero-order chi connectivity index (χ0) is 31.3. The smallest absolute Gasteiger partial charge is 0.223 e. The molecule has 234 valence electrons. The first-order valence-electron chi connectivity index (χ1n) is 15.8. The summed E-state index contributed by atoms with van der Waals surface area (Å²) >= 11 is 0. The number of aromatic nitrogens is 4. The van der Waals surface area contributed by atoms with Crippen LogP contribution in [0.2, 0.25) is 51.4 Å². The Bertz CT molecular complexity index is 1530. The minimum Gasteiger partial charge on any atom is -0.361 e. The van der Waals surface area contributed by atoms with E-state index in [1.807, 2.05) is 18.2 Å². The van der Waals surface area contributed by atoms with Gasteiger partial charge < -0.3 is 14.4 Å². The minimum absolute atomic E-state index is 0.0295. The van der Waals surface area contributed by atoms with Gasteiger partial charge in [-0.15, -0.1) is 0 Å². The lowest BCUT2D eigenvalue weighted by Crippen LogP contribution is -2.23. The van der Waals surface area contributed by atoms with E-state index >= 15 is 0 Å². The molecule has 1 saturated carbocycles. The second kappa shape index (κ2) is 11.8. The highest BCUT2D eigenvalue weighted by Crippen LogP contribution is 2.60. The van der Waals surface area contributed by atoms with Crippen molar-refractivity contribution in [1.82, 2.24) is 19.3 Å². The Morgan fingerprint density at radius 3 is 2.37 bits per heavy atom. The standard InChI is InChI=1S/C33H51N5O3Si2/c1-11-24-16-26(36(4)23(2)39)18-28-31(24)37(21-40-12-14-42(5,6)7)32(34-28)30-27-17-25-19-33(25,3)20-29(27)38(35-30)22-41-13-15-43(8,9)10/h11,16,18,25H,1,12-15,17,19-22H2,2-10H3/t25-,33-/m1/s1. The molecular weight excluding hydrogens is 571 g/mol. The third-order valence-electron chi connectivity index (χ3n) is 9.30. The lowest BCUT2D eigenvalue weighted by molar-refractivity contribution is -0.116. The van der Waals surface area contributed by atoms with Gasteiger partial charge in [0, 0.05) is 65.8 Å². The van der Waals surface area contributed by atoms with Crippen molar-refractivity contribution in [3.63, 3.8) is 0 Å². The molecule has 0 saturated heterocycles. The van der Waals surface area contributed by atoms with E-state index in [0.29, 0.717) is 31.4 Å². The van der Waals surface area contributed by atoms with Crippen molar-refractivity contribution < 1.29 is 14.3 Å². The summed E-state index contributed by atoms with van der Waals surface area (Å²) in [4.78, 5) is 19.1. The van der Waals surface area contributed by atoms with E-state index in [1.54, 1.807) is 18.9 Å². The third kappa shape index (κ3) is 6.92. The lowest BCUT2D eigenvalue weighted by Gasteiger charge is -2.21. The highest BCUT2D eigenvalue weighted by atomic mass is 28.3. The van der Waals surface area contributed by atoms with Crippen LogP contribution < -0.4 is 4.90 Å². The summed E-state index contributed by atoms with van der Waals surface area (Å²) in [6, 6.07) is 6.23. The molecule has 0 unspecified atom stereocenters. The number of hydrogen-bond donors (Lipinski definition) is 0. The molecule has 2 aliphatic carbocycles. The molecule has 1 aromatic carbocycles. The molecule has 2 aliphatic rings. The van der Waals surface area contributed by atoms with E-state index in [2.05, 4.69) is 62.0 Å². The molecule has 0 spiro atoms. The molecule has 10 heteroatoms. The Hall–Kier alpha value is -2.54. The van der Waals surface area contributed by atoms with Gasteiger partial charge in [0.25, 0.3) is 0 Å². The molecule has 3 aromatic rings. The van der Waals surface area contributed by atoms with Gasteiger partial charge in [-0.25, -0.2) is 9.67 Å². The molecule has 1 fully saturated rings. The molecule has 0 radical (unpaired) electrons. The van der Waals surface area contributed by atoms with Crippen molar-refractivity contribution in [2.45, 2.75) is 97.9 Å².